The van der Waals surface area contributed by atoms with E-state index in [0.717, 1.165) is 11.1 Å². The molecule has 0 saturated heterocycles. The van der Waals surface area contributed by atoms with Gasteiger partial charge in [0.05, 0.1) is 0 Å². The third-order valence-electron chi connectivity index (χ3n) is 6.36. The van der Waals surface area contributed by atoms with E-state index in [1.54, 1.807) is 0 Å². The Labute approximate surface area is 206 Å². The molecule has 0 unspecified atom stereocenters. The smallest absolute Gasteiger partial charge is 0.0164 e. The van der Waals surface area contributed by atoms with Crippen molar-refractivity contribution in [2.45, 2.75) is 40.0 Å². The Morgan fingerprint density at radius 1 is 0.794 bits per heavy atom. The van der Waals surface area contributed by atoms with Crippen LogP contribution >= 0.6 is 0 Å². The van der Waals surface area contributed by atoms with Gasteiger partial charge in [-0.2, -0.15) is 0 Å². The molecule has 3 aromatic carbocycles. The number of allylic oxidation sites excluding steroid dienone is 8. The highest BCUT2D eigenvalue weighted by molar-refractivity contribution is 5.92. The summed E-state index contributed by atoms with van der Waals surface area (Å²) < 4.78 is 0. The van der Waals surface area contributed by atoms with Gasteiger partial charge in [0.1, 0.15) is 0 Å². The molecule has 1 aliphatic rings. The van der Waals surface area contributed by atoms with Crippen LogP contribution in [0.2, 0.25) is 0 Å². The molecule has 0 spiro atoms. The summed E-state index contributed by atoms with van der Waals surface area (Å²) in [6, 6.07) is 25.6. The second-order valence-electron chi connectivity index (χ2n) is 9.14. The molecular weight excluding hydrogens is 408 g/mol. The van der Waals surface area contributed by atoms with Gasteiger partial charge >= 0.3 is 0 Å². The summed E-state index contributed by atoms with van der Waals surface area (Å²) in [6.45, 7) is 19.0. The number of fused-ring (bicyclic) bond motifs is 1. The quantitative estimate of drug-likeness (QED) is 0.343. The van der Waals surface area contributed by atoms with Gasteiger partial charge in [0.2, 0.25) is 0 Å². The van der Waals surface area contributed by atoms with Crippen LogP contribution in [0.1, 0.15) is 49.9 Å². The van der Waals surface area contributed by atoms with Crippen molar-refractivity contribution in [2.75, 3.05) is 0 Å². The van der Waals surface area contributed by atoms with Crippen molar-refractivity contribution in [2.24, 2.45) is 0 Å². The molecule has 172 valence electrons. The van der Waals surface area contributed by atoms with E-state index in [1.807, 2.05) is 43.4 Å². The third-order valence-corrected chi connectivity index (χ3v) is 6.36. The Morgan fingerprint density at radius 3 is 1.97 bits per heavy atom. The molecule has 0 bridgehead atoms. The largest absolute Gasteiger partial charge is 0.0984 e. The summed E-state index contributed by atoms with van der Waals surface area (Å²) in [7, 11) is 0. The lowest BCUT2D eigenvalue weighted by Gasteiger charge is -2.26. The highest BCUT2D eigenvalue weighted by Gasteiger charge is 2.37. The SMILES string of the molecule is C=CC1=C(/C=C\C)C(C)(C)c2c1cccc2-c1ccc(C(=C)/C=C\C)cc1.Cc1ccccc1. The molecule has 0 N–H and O–H groups in total. The molecule has 0 heterocycles. The van der Waals surface area contributed by atoms with Gasteiger partial charge in [0, 0.05) is 5.41 Å². The second kappa shape index (κ2) is 11.0. The highest BCUT2D eigenvalue weighted by Crippen LogP contribution is 2.50. The van der Waals surface area contributed by atoms with E-state index in [9.17, 15) is 0 Å². The molecule has 0 heteroatoms. The fourth-order valence-corrected chi connectivity index (χ4v) is 4.69. The van der Waals surface area contributed by atoms with Crippen LogP contribution in [0.15, 0.2) is 122 Å². The maximum absolute atomic E-state index is 4.14. The van der Waals surface area contributed by atoms with Gasteiger partial charge in [0.25, 0.3) is 0 Å². The first-order chi connectivity index (χ1) is 16.3. The monoisotopic (exact) mass is 444 g/mol. The topological polar surface area (TPSA) is 0 Å². The first-order valence-electron chi connectivity index (χ1n) is 11.9. The van der Waals surface area contributed by atoms with E-state index in [0.29, 0.717) is 0 Å². The molecule has 1 aliphatic carbocycles. The first-order valence-corrected chi connectivity index (χ1v) is 11.9. The molecule has 0 fully saturated rings. The van der Waals surface area contributed by atoms with Gasteiger partial charge in [-0.1, -0.05) is 136 Å². The predicted octanol–water partition coefficient (Wildman–Crippen LogP) is 9.74. The number of aryl methyl sites for hydroxylation is 1. The van der Waals surface area contributed by atoms with Crippen molar-refractivity contribution in [1.29, 1.82) is 0 Å². The standard InChI is InChI=1S/C27H28.C7H8/c1-7-11-19(4)20-15-17-21(18-16-20)23-13-10-14-24-22(9-3)25(12-8-2)27(5,6)26(23)24;1-7-5-3-2-4-6-7/h7-18H,3-4H2,1-2,5-6H3;2-6H,1H3/b11-7-,12-8-;. The Balaban J connectivity index is 0.000000396. The zero-order valence-corrected chi connectivity index (χ0v) is 21.2. The minimum atomic E-state index is -0.0603. The van der Waals surface area contributed by atoms with E-state index in [1.165, 1.54) is 39.0 Å². The highest BCUT2D eigenvalue weighted by atomic mass is 14.4. The van der Waals surface area contributed by atoms with E-state index in [4.69, 9.17) is 0 Å². The number of benzene rings is 3. The van der Waals surface area contributed by atoms with Crippen molar-refractivity contribution in [3.05, 3.63) is 144 Å². The lowest BCUT2D eigenvalue weighted by atomic mass is 9.77. The van der Waals surface area contributed by atoms with E-state index in [-0.39, 0.29) is 5.41 Å². The van der Waals surface area contributed by atoms with Crippen molar-refractivity contribution >= 4 is 11.1 Å². The third kappa shape index (κ3) is 5.13. The lowest BCUT2D eigenvalue weighted by molar-refractivity contribution is 0.656. The molecule has 0 aliphatic heterocycles. The number of hydrogen-bond donors (Lipinski definition) is 0. The Kier molecular flexibility index (Phi) is 8.08. The van der Waals surface area contributed by atoms with Gasteiger partial charge in [-0.05, 0) is 65.3 Å². The van der Waals surface area contributed by atoms with Crippen LogP contribution in [0.3, 0.4) is 0 Å². The number of hydrogen-bond acceptors (Lipinski definition) is 0. The van der Waals surface area contributed by atoms with Crippen LogP contribution in [0.25, 0.3) is 22.3 Å². The maximum atomic E-state index is 4.14. The molecule has 0 amide bonds. The van der Waals surface area contributed by atoms with Gasteiger partial charge < -0.3 is 0 Å². The molecule has 0 nitrogen and oxygen atoms in total. The molecule has 0 aromatic heterocycles. The van der Waals surface area contributed by atoms with Crippen LogP contribution in [-0.4, -0.2) is 0 Å². The molecule has 3 aromatic rings. The molecular formula is C34H36. The maximum Gasteiger partial charge on any atom is 0.0164 e. The normalized spacial score (nSPS) is 14.1. The fourth-order valence-electron chi connectivity index (χ4n) is 4.69. The second-order valence-corrected chi connectivity index (χ2v) is 9.14. The predicted molar refractivity (Wildman–Crippen MR) is 152 cm³/mol. The summed E-state index contributed by atoms with van der Waals surface area (Å²) in [4.78, 5) is 0. The lowest BCUT2D eigenvalue weighted by Crippen LogP contribution is -2.17. The summed E-state index contributed by atoms with van der Waals surface area (Å²) in [6.07, 6.45) is 10.4. The summed E-state index contributed by atoms with van der Waals surface area (Å²) >= 11 is 0. The first kappa shape index (κ1) is 25.0. The van der Waals surface area contributed by atoms with Gasteiger partial charge in [0.15, 0.2) is 0 Å². The van der Waals surface area contributed by atoms with Crippen molar-refractivity contribution in [1.82, 2.24) is 0 Å². The molecule has 0 saturated carbocycles. The Hall–Kier alpha value is -3.64. The van der Waals surface area contributed by atoms with Crippen molar-refractivity contribution in [3.8, 4) is 11.1 Å². The van der Waals surface area contributed by atoms with E-state index in [2.05, 4.69) is 108 Å². The van der Waals surface area contributed by atoms with Gasteiger partial charge in [-0.15, -0.1) is 0 Å². The Morgan fingerprint density at radius 2 is 1.44 bits per heavy atom. The molecule has 4 rings (SSSR count). The molecule has 0 atom stereocenters. The van der Waals surface area contributed by atoms with Crippen LogP contribution in [0, 0.1) is 6.92 Å². The number of rotatable bonds is 5. The zero-order valence-electron chi connectivity index (χ0n) is 21.2. The summed E-state index contributed by atoms with van der Waals surface area (Å²) in [5, 5.41) is 0. The molecule has 0 radical (unpaired) electrons. The van der Waals surface area contributed by atoms with Crippen LogP contribution < -0.4 is 0 Å². The fraction of sp³-hybridized carbons (Fsp3) is 0.176. The van der Waals surface area contributed by atoms with Gasteiger partial charge in [-0.3, -0.25) is 0 Å². The molecule has 34 heavy (non-hydrogen) atoms. The summed E-state index contributed by atoms with van der Waals surface area (Å²) in [5.41, 5.74) is 11.2. The van der Waals surface area contributed by atoms with Crippen LogP contribution in [0.5, 0.6) is 0 Å². The minimum absolute atomic E-state index is 0.0603. The average Bonchev–Trinajstić information content (AvgIpc) is 3.06. The minimum Gasteiger partial charge on any atom is -0.0984 e. The van der Waals surface area contributed by atoms with Gasteiger partial charge in [-0.25, -0.2) is 0 Å². The summed E-state index contributed by atoms with van der Waals surface area (Å²) in [5.74, 6) is 0. The average molecular weight is 445 g/mol. The van der Waals surface area contributed by atoms with E-state index < -0.39 is 0 Å². The zero-order chi connectivity index (χ0) is 24.7. The Bertz CT molecular complexity index is 1240. The van der Waals surface area contributed by atoms with Crippen LogP contribution in [0.4, 0.5) is 0 Å². The van der Waals surface area contributed by atoms with E-state index >= 15 is 0 Å². The van der Waals surface area contributed by atoms with Crippen molar-refractivity contribution < 1.29 is 0 Å². The van der Waals surface area contributed by atoms with Crippen molar-refractivity contribution in [3.63, 3.8) is 0 Å². The van der Waals surface area contributed by atoms with Crippen LogP contribution in [-0.2, 0) is 5.41 Å².